The van der Waals surface area contributed by atoms with Crippen LogP contribution in [0.4, 0.5) is 5.69 Å². The van der Waals surface area contributed by atoms with Crippen LogP contribution in [0.15, 0.2) is 24.3 Å². The van der Waals surface area contributed by atoms with Gasteiger partial charge >= 0.3 is 0 Å². The zero-order valence-corrected chi connectivity index (χ0v) is 12.9. The van der Waals surface area contributed by atoms with Crippen LogP contribution in [0.25, 0.3) is 0 Å². The summed E-state index contributed by atoms with van der Waals surface area (Å²) in [5, 5.41) is 0. The van der Waals surface area contributed by atoms with Gasteiger partial charge in [0.05, 0.1) is 11.4 Å². The van der Waals surface area contributed by atoms with Crippen molar-refractivity contribution in [3.05, 3.63) is 29.8 Å². The SMILES string of the molecule is CC(C)CS(=O)(=O)N(c1ccc(CN)cc1)C(C)C. The van der Waals surface area contributed by atoms with Crippen molar-refractivity contribution in [2.75, 3.05) is 10.1 Å². The van der Waals surface area contributed by atoms with E-state index in [0.717, 1.165) is 5.56 Å². The predicted molar refractivity (Wildman–Crippen MR) is 80.6 cm³/mol. The molecule has 0 spiro atoms. The van der Waals surface area contributed by atoms with Gasteiger partial charge in [-0.3, -0.25) is 4.31 Å². The standard InChI is InChI=1S/C14H24N2O2S/c1-11(2)10-19(17,18)16(12(3)4)14-7-5-13(9-15)6-8-14/h5-8,11-12H,9-10,15H2,1-4H3. The van der Waals surface area contributed by atoms with Crippen LogP contribution in [0.1, 0.15) is 33.3 Å². The van der Waals surface area contributed by atoms with Gasteiger partial charge in [0.25, 0.3) is 0 Å². The van der Waals surface area contributed by atoms with Gasteiger partial charge < -0.3 is 5.73 Å². The topological polar surface area (TPSA) is 63.4 Å². The van der Waals surface area contributed by atoms with E-state index in [4.69, 9.17) is 5.73 Å². The Hall–Kier alpha value is -1.07. The molecule has 1 rings (SSSR count). The lowest BCUT2D eigenvalue weighted by Gasteiger charge is -2.29. The number of nitrogens with zero attached hydrogens (tertiary/aromatic N) is 1. The van der Waals surface area contributed by atoms with Crippen LogP contribution < -0.4 is 10.0 Å². The van der Waals surface area contributed by atoms with Gasteiger partial charge in [0.1, 0.15) is 0 Å². The summed E-state index contributed by atoms with van der Waals surface area (Å²) in [5.74, 6) is 0.263. The Morgan fingerprint density at radius 1 is 1.11 bits per heavy atom. The quantitative estimate of drug-likeness (QED) is 0.872. The fourth-order valence-electron chi connectivity index (χ4n) is 2.06. The molecular formula is C14H24N2O2S. The number of benzene rings is 1. The maximum atomic E-state index is 12.4. The first-order chi connectivity index (χ1) is 8.77. The van der Waals surface area contributed by atoms with Gasteiger partial charge in [-0.05, 0) is 37.5 Å². The van der Waals surface area contributed by atoms with Crippen molar-refractivity contribution in [2.45, 2.75) is 40.3 Å². The molecule has 0 fully saturated rings. The summed E-state index contributed by atoms with van der Waals surface area (Å²) in [6, 6.07) is 7.28. The molecule has 0 saturated carbocycles. The second kappa shape index (κ2) is 6.39. The monoisotopic (exact) mass is 284 g/mol. The van der Waals surface area contributed by atoms with E-state index >= 15 is 0 Å². The van der Waals surface area contributed by atoms with E-state index in [-0.39, 0.29) is 17.7 Å². The van der Waals surface area contributed by atoms with E-state index in [1.165, 1.54) is 4.31 Å². The second-order valence-corrected chi connectivity index (χ2v) is 7.32. The maximum Gasteiger partial charge on any atom is 0.235 e. The molecular weight excluding hydrogens is 260 g/mol. The van der Waals surface area contributed by atoms with Crippen LogP contribution in [0, 0.1) is 5.92 Å². The van der Waals surface area contributed by atoms with Crippen LogP contribution >= 0.6 is 0 Å². The average molecular weight is 284 g/mol. The van der Waals surface area contributed by atoms with E-state index < -0.39 is 10.0 Å². The zero-order chi connectivity index (χ0) is 14.6. The number of anilines is 1. The summed E-state index contributed by atoms with van der Waals surface area (Å²) in [4.78, 5) is 0. The van der Waals surface area contributed by atoms with Crippen molar-refractivity contribution >= 4 is 15.7 Å². The molecule has 0 saturated heterocycles. The molecule has 0 aliphatic carbocycles. The Kier molecular flexibility index (Phi) is 5.38. The van der Waals surface area contributed by atoms with Crippen LogP contribution in [-0.2, 0) is 16.6 Å². The molecule has 1 aromatic carbocycles. The van der Waals surface area contributed by atoms with Gasteiger partial charge in [0.15, 0.2) is 0 Å². The summed E-state index contributed by atoms with van der Waals surface area (Å²) < 4.78 is 26.4. The molecule has 4 nitrogen and oxygen atoms in total. The number of sulfonamides is 1. The fourth-order valence-corrected chi connectivity index (χ4v) is 4.15. The molecule has 0 amide bonds. The molecule has 108 valence electrons. The number of hydrogen-bond donors (Lipinski definition) is 1. The minimum Gasteiger partial charge on any atom is -0.326 e. The summed E-state index contributed by atoms with van der Waals surface area (Å²) >= 11 is 0. The highest BCUT2D eigenvalue weighted by Crippen LogP contribution is 2.23. The molecule has 1 aromatic rings. The zero-order valence-electron chi connectivity index (χ0n) is 12.1. The molecule has 0 aromatic heterocycles. The average Bonchev–Trinajstić information content (AvgIpc) is 2.27. The minimum absolute atomic E-state index is 0.104. The smallest absolute Gasteiger partial charge is 0.235 e. The van der Waals surface area contributed by atoms with Gasteiger partial charge in [-0.1, -0.05) is 26.0 Å². The van der Waals surface area contributed by atoms with Crippen molar-refractivity contribution in [1.82, 2.24) is 0 Å². The van der Waals surface area contributed by atoms with Crippen LogP contribution in [0.2, 0.25) is 0 Å². The normalized spacial score (nSPS) is 12.2. The van der Waals surface area contributed by atoms with E-state index in [1.54, 1.807) is 0 Å². The lowest BCUT2D eigenvalue weighted by molar-refractivity contribution is 0.571. The number of rotatable bonds is 6. The summed E-state index contributed by atoms with van der Waals surface area (Å²) in [6.07, 6.45) is 0. The Labute approximate surface area is 116 Å². The Bertz CT molecular complexity index is 493. The molecule has 0 radical (unpaired) electrons. The number of nitrogens with two attached hydrogens (primary N) is 1. The second-order valence-electron chi connectivity index (χ2n) is 5.43. The first kappa shape index (κ1) is 16.0. The van der Waals surface area contributed by atoms with Crippen molar-refractivity contribution < 1.29 is 8.42 Å². The molecule has 19 heavy (non-hydrogen) atoms. The summed E-state index contributed by atoms with van der Waals surface area (Å²) in [6.45, 7) is 8.05. The van der Waals surface area contributed by atoms with Crippen LogP contribution in [0.5, 0.6) is 0 Å². The van der Waals surface area contributed by atoms with Gasteiger partial charge in [-0.25, -0.2) is 8.42 Å². The van der Waals surface area contributed by atoms with Gasteiger partial charge in [-0.15, -0.1) is 0 Å². The summed E-state index contributed by atoms with van der Waals surface area (Å²) in [7, 11) is -3.29. The van der Waals surface area contributed by atoms with Crippen molar-refractivity contribution in [3.8, 4) is 0 Å². The Morgan fingerprint density at radius 2 is 1.63 bits per heavy atom. The minimum atomic E-state index is -3.29. The fraction of sp³-hybridized carbons (Fsp3) is 0.571. The third-order valence-corrected chi connectivity index (χ3v) is 5.06. The highest BCUT2D eigenvalue weighted by Gasteiger charge is 2.26. The molecule has 2 N–H and O–H groups in total. The largest absolute Gasteiger partial charge is 0.326 e. The Morgan fingerprint density at radius 3 is 2.00 bits per heavy atom. The van der Waals surface area contributed by atoms with E-state index in [2.05, 4.69) is 0 Å². The van der Waals surface area contributed by atoms with Crippen molar-refractivity contribution in [2.24, 2.45) is 11.7 Å². The molecule has 0 aliphatic heterocycles. The van der Waals surface area contributed by atoms with Gasteiger partial charge in [-0.2, -0.15) is 0 Å². The lowest BCUT2D eigenvalue weighted by atomic mass is 10.2. The highest BCUT2D eigenvalue weighted by atomic mass is 32.2. The van der Waals surface area contributed by atoms with E-state index in [1.807, 2.05) is 52.0 Å². The van der Waals surface area contributed by atoms with Crippen molar-refractivity contribution in [1.29, 1.82) is 0 Å². The van der Waals surface area contributed by atoms with Crippen LogP contribution in [-0.4, -0.2) is 20.2 Å². The highest BCUT2D eigenvalue weighted by molar-refractivity contribution is 7.92. The third-order valence-electron chi connectivity index (χ3n) is 2.74. The molecule has 0 unspecified atom stereocenters. The molecule has 0 aliphatic rings. The molecule has 0 heterocycles. The van der Waals surface area contributed by atoms with E-state index in [0.29, 0.717) is 12.2 Å². The maximum absolute atomic E-state index is 12.4. The van der Waals surface area contributed by atoms with Crippen molar-refractivity contribution in [3.63, 3.8) is 0 Å². The van der Waals surface area contributed by atoms with Crippen LogP contribution in [0.3, 0.4) is 0 Å². The van der Waals surface area contributed by atoms with Gasteiger partial charge in [0, 0.05) is 12.6 Å². The van der Waals surface area contributed by atoms with Gasteiger partial charge in [0.2, 0.25) is 10.0 Å². The Balaban J connectivity index is 3.13. The number of hydrogen-bond acceptors (Lipinski definition) is 3. The first-order valence-electron chi connectivity index (χ1n) is 6.59. The predicted octanol–water partition coefficient (Wildman–Crippen LogP) is 2.35. The first-order valence-corrected chi connectivity index (χ1v) is 8.20. The third kappa shape index (κ3) is 4.21. The molecule has 0 bridgehead atoms. The lowest BCUT2D eigenvalue weighted by Crippen LogP contribution is -2.39. The molecule has 0 atom stereocenters. The summed E-state index contributed by atoms with van der Waals surface area (Å²) in [5.41, 5.74) is 7.25. The molecule has 5 heteroatoms. The van der Waals surface area contributed by atoms with E-state index in [9.17, 15) is 8.42 Å².